The predicted molar refractivity (Wildman–Crippen MR) is 69.0 cm³/mol. The van der Waals surface area contributed by atoms with Crippen LogP contribution in [0.25, 0.3) is 0 Å². The smallest absolute Gasteiger partial charge is 0.182 e. The second-order valence-corrected chi connectivity index (χ2v) is 6.39. The predicted octanol–water partition coefficient (Wildman–Crippen LogP) is 1.17. The van der Waals surface area contributed by atoms with Gasteiger partial charge >= 0.3 is 0 Å². The molecule has 1 atom stereocenters. The third-order valence-corrected chi connectivity index (χ3v) is 4.93. The molecule has 94 valence electrons. The Hall–Kier alpha value is -1.07. The van der Waals surface area contributed by atoms with Crippen molar-refractivity contribution < 1.29 is 8.42 Å². The molecule has 1 aromatic rings. The number of nitrogens with one attached hydrogen (secondary N) is 1. The summed E-state index contributed by atoms with van der Waals surface area (Å²) in [6.07, 6.45) is 1.52. The van der Waals surface area contributed by atoms with Crippen molar-refractivity contribution in [2.24, 2.45) is 5.73 Å². The summed E-state index contributed by atoms with van der Waals surface area (Å²) in [6, 6.07) is 5.53. The molecule has 5 heteroatoms. The first kappa shape index (κ1) is 12.4. The average molecular weight is 254 g/mol. The van der Waals surface area contributed by atoms with E-state index in [1.807, 2.05) is 19.1 Å². The van der Waals surface area contributed by atoms with Crippen molar-refractivity contribution in [2.75, 3.05) is 17.6 Å². The van der Waals surface area contributed by atoms with Crippen molar-refractivity contribution in [3.63, 3.8) is 0 Å². The van der Waals surface area contributed by atoms with Crippen LogP contribution in [0.4, 0.5) is 5.69 Å². The third-order valence-electron chi connectivity index (χ3n) is 3.08. The molecular formula is C12H18N2O2S. The molecule has 0 spiro atoms. The lowest BCUT2D eigenvalue weighted by Crippen LogP contribution is -2.35. The summed E-state index contributed by atoms with van der Waals surface area (Å²) in [5.41, 5.74) is 7.24. The number of hydrogen-bond acceptors (Lipinski definition) is 4. The van der Waals surface area contributed by atoms with E-state index in [0.717, 1.165) is 12.0 Å². The summed E-state index contributed by atoms with van der Waals surface area (Å²) in [5.74, 6) is 0.143. The molecule has 1 unspecified atom stereocenters. The van der Waals surface area contributed by atoms with Gasteiger partial charge in [0, 0.05) is 6.04 Å². The summed E-state index contributed by atoms with van der Waals surface area (Å²) < 4.78 is 24.3. The zero-order valence-corrected chi connectivity index (χ0v) is 10.8. The normalized spacial score (nSPS) is 21.6. The van der Waals surface area contributed by atoms with Gasteiger partial charge in [-0.25, -0.2) is 8.42 Å². The van der Waals surface area contributed by atoms with E-state index < -0.39 is 9.84 Å². The minimum Gasteiger partial charge on any atom is -0.380 e. The third kappa shape index (κ3) is 2.45. The number of benzene rings is 1. The fraction of sp³-hybridized carbons (Fsp3) is 0.500. The molecule has 2 rings (SSSR count). The van der Waals surface area contributed by atoms with Gasteiger partial charge in [-0.3, -0.25) is 0 Å². The summed E-state index contributed by atoms with van der Waals surface area (Å²) >= 11 is 0. The van der Waals surface area contributed by atoms with Crippen molar-refractivity contribution >= 4 is 15.5 Å². The van der Waals surface area contributed by atoms with E-state index in [1.54, 1.807) is 6.07 Å². The van der Waals surface area contributed by atoms with Crippen molar-refractivity contribution in [2.45, 2.75) is 30.7 Å². The average Bonchev–Trinajstić information content (AvgIpc) is 2.28. The molecule has 4 nitrogen and oxygen atoms in total. The second-order valence-electron chi connectivity index (χ2n) is 4.38. The van der Waals surface area contributed by atoms with Crippen LogP contribution in [-0.2, 0) is 16.3 Å². The van der Waals surface area contributed by atoms with Crippen molar-refractivity contribution in [1.82, 2.24) is 0 Å². The van der Waals surface area contributed by atoms with Crippen molar-refractivity contribution in [3.05, 3.63) is 23.8 Å². The summed E-state index contributed by atoms with van der Waals surface area (Å²) in [4.78, 5) is 0.435. The maximum Gasteiger partial charge on any atom is 0.182 e. The molecular weight excluding hydrogens is 236 g/mol. The van der Waals surface area contributed by atoms with Crippen LogP contribution in [0.5, 0.6) is 0 Å². The molecule has 0 saturated carbocycles. The first-order valence-electron chi connectivity index (χ1n) is 5.89. The first-order chi connectivity index (χ1) is 8.06. The van der Waals surface area contributed by atoms with Gasteiger partial charge in [-0.2, -0.15) is 0 Å². The van der Waals surface area contributed by atoms with Crippen molar-refractivity contribution in [3.8, 4) is 0 Å². The van der Waals surface area contributed by atoms with E-state index in [2.05, 4.69) is 5.32 Å². The van der Waals surface area contributed by atoms with Gasteiger partial charge in [-0.1, -0.05) is 13.0 Å². The minimum atomic E-state index is -3.16. The van der Waals surface area contributed by atoms with Crippen molar-refractivity contribution in [1.29, 1.82) is 0 Å². The van der Waals surface area contributed by atoms with Crippen LogP contribution >= 0.6 is 0 Å². The van der Waals surface area contributed by atoms with Crippen LogP contribution in [0.15, 0.2) is 23.1 Å². The van der Waals surface area contributed by atoms with Crippen LogP contribution in [0.1, 0.15) is 18.9 Å². The van der Waals surface area contributed by atoms with Gasteiger partial charge in [0.1, 0.15) is 0 Å². The Balaban J connectivity index is 2.42. The molecule has 1 heterocycles. The number of nitrogens with two attached hydrogens (primary N) is 1. The van der Waals surface area contributed by atoms with E-state index in [0.29, 0.717) is 23.5 Å². The van der Waals surface area contributed by atoms with Gasteiger partial charge < -0.3 is 11.1 Å². The molecule has 0 aromatic heterocycles. The van der Waals surface area contributed by atoms with E-state index in [1.165, 1.54) is 0 Å². The van der Waals surface area contributed by atoms with Gasteiger partial charge in [0.2, 0.25) is 0 Å². The highest BCUT2D eigenvalue weighted by Gasteiger charge is 2.29. The highest BCUT2D eigenvalue weighted by molar-refractivity contribution is 7.91. The number of sulfone groups is 1. The molecule has 1 aliphatic heterocycles. The van der Waals surface area contributed by atoms with Gasteiger partial charge in [0.05, 0.1) is 16.3 Å². The Morgan fingerprint density at radius 2 is 2.24 bits per heavy atom. The number of aryl methyl sites for hydroxylation is 1. The Morgan fingerprint density at radius 1 is 1.47 bits per heavy atom. The highest BCUT2D eigenvalue weighted by Crippen LogP contribution is 2.30. The first-order valence-corrected chi connectivity index (χ1v) is 7.54. The lowest BCUT2D eigenvalue weighted by Gasteiger charge is -2.27. The standard InChI is InChI=1S/C12H18N2O2S/c1-2-9-3-4-11-12(7-9)17(15,16)8-10(14-11)5-6-13/h3-4,7,10,14H,2,5-6,8,13H2,1H3. The summed E-state index contributed by atoms with van der Waals surface area (Å²) in [6.45, 7) is 2.51. The molecule has 0 radical (unpaired) electrons. The largest absolute Gasteiger partial charge is 0.380 e. The van der Waals surface area contributed by atoms with Crippen LogP contribution < -0.4 is 11.1 Å². The zero-order valence-electron chi connectivity index (χ0n) is 9.94. The molecule has 3 N–H and O–H groups in total. The van der Waals surface area contributed by atoms with E-state index in [-0.39, 0.29) is 11.8 Å². The zero-order chi connectivity index (χ0) is 12.5. The molecule has 0 fully saturated rings. The minimum absolute atomic E-state index is 0.0648. The van der Waals surface area contributed by atoms with Crippen LogP contribution in [0, 0.1) is 0 Å². The van der Waals surface area contributed by atoms with Gasteiger partial charge in [-0.15, -0.1) is 0 Å². The van der Waals surface area contributed by atoms with Gasteiger partial charge in [-0.05, 0) is 37.1 Å². The maximum atomic E-state index is 12.1. The fourth-order valence-corrected chi connectivity index (χ4v) is 3.89. The Morgan fingerprint density at radius 3 is 2.88 bits per heavy atom. The maximum absolute atomic E-state index is 12.1. The number of fused-ring (bicyclic) bond motifs is 1. The Bertz CT molecular complexity index is 511. The van der Waals surface area contributed by atoms with Gasteiger partial charge in [0.25, 0.3) is 0 Å². The van der Waals surface area contributed by atoms with E-state index in [4.69, 9.17) is 5.73 Å². The summed E-state index contributed by atoms with van der Waals surface area (Å²) in [7, 11) is -3.16. The highest BCUT2D eigenvalue weighted by atomic mass is 32.2. The molecule has 1 aromatic carbocycles. The SMILES string of the molecule is CCc1ccc2c(c1)S(=O)(=O)CC(CCN)N2. The molecule has 0 saturated heterocycles. The quantitative estimate of drug-likeness (QED) is 0.849. The molecule has 1 aliphatic rings. The fourth-order valence-electron chi connectivity index (χ4n) is 2.14. The molecule has 0 amide bonds. The molecule has 17 heavy (non-hydrogen) atoms. The summed E-state index contributed by atoms with van der Waals surface area (Å²) in [5, 5.41) is 3.25. The van der Waals surface area contributed by atoms with E-state index in [9.17, 15) is 8.42 Å². The van der Waals surface area contributed by atoms with Crippen LogP contribution in [0.2, 0.25) is 0 Å². The van der Waals surface area contributed by atoms with Crippen LogP contribution in [-0.4, -0.2) is 26.8 Å². The Labute approximate surface area is 102 Å². The Kier molecular flexibility index (Phi) is 3.40. The molecule has 0 bridgehead atoms. The number of anilines is 1. The van der Waals surface area contributed by atoms with Crippen LogP contribution in [0.3, 0.4) is 0 Å². The number of rotatable bonds is 3. The van der Waals surface area contributed by atoms with E-state index >= 15 is 0 Å². The lowest BCUT2D eigenvalue weighted by molar-refractivity contribution is 0.580. The number of hydrogen-bond donors (Lipinski definition) is 2. The lowest BCUT2D eigenvalue weighted by atomic mass is 10.1. The topological polar surface area (TPSA) is 72.2 Å². The second kappa shape index (κ2) is 4.66. The van der Waals surface area contributed by atoms with Gasteiger partial charge in [0.15, 0.2) is 9.84 Å². The monoisotopic (exact) mass is 254 g/mol. The molecule has 0 aliphatic carbocycles.